The van der Waals surface area contributed by atoms with Crippen LogP contribution in [0.2, 0.25) is 0 Å². The SMILES string of the molecule is c1ccc2c(-c3cnns3)cccc2c1. The van der Waals surface area contributed by atoms with Gasteiger partial charge in [-0.25, -0.2) is 0 Å². The molecule has 3 aromatic rings. The quantitative estimate of drug-likeness (QED) is 0.618. The summed E-state index contributed by atoms with van der Waals surface area (Å²) in [5.41, 5.74) is 1.21. The highest BCUT2D eigenvalue weighted by molar-refractivity contribution is 7.09. The monoisotopic (exact) mass is 212 g/mol. The van der Waals surface area contributed by atoms with Crippen LogP contribution in [0.15, 0.2) is 48.7 Å². The van der Waals surface area contributed by atoms with Gasteiger partial charge in [-0.15, -0.1) is 5.10 Å². The largest absolute Gasteiger partial charge is 0.146 e. The van der Waals surface area contributed by atoms with Gasteiger partial charge in [0.05, 0.1) is 11.1 Å². The number of benzene rings is 2. The fourth-order valence-electron chi connectivity index (χ4n) is 1.73. The summed E-state index contributed by atoms with van der Waals surface area (Å²) in [6, 6.07) is 14.7. The zero-order chi connectivity index (χ0) is 10.1. The van der Waals surface area contributed by atoms with Crippen LogP contribution in [-0.4, -0.2) is 9.59 Å². The Bertz CT molecular complexity index is 582. The van der Waals surface area contributed by atoms with Crippen LogP contribution in [0.3, 0.4) is 0 Å². The van der Waals surface area contributed by atoms with Gasteiger partial charge in [0.2, 0.25) is 0 Å². The van der Waals surface area contributed by atoms with E-state index < -0.39 is 0 Å². The van der Waals surface area contributed by atoms with Crippen molar-refractivity contribution in [3.63, 3.8) is 0 Å². The predicted octanol–water partition coefficient (Wildman–Crippen LogP) is 3.36. The second-order valence-electron chi connectivity index (χ2n) is 3.31. The average molecular weight is 212 g/mol. The minimum absolute atomic E-state index is 1.12. The summed E-state index contributed by atoms with van der Waals surface area (Å²) in [7, 11) is 0. The van der Waals surface area contributed by atoms with Gasteiger partial charge >= 0.3 is 0 Å². The lowest BCUT2D eigenvalue weighted by atomic mass is 10.0. The molecule has 0 atom stereocenters. The van der Waals surface area contributed by atoms with Crippen molar-refractivity contribution in [2.24, 2.45) is 0 Å². The highest BCUT2D eigenvalue weighted by Gasteiger charge is 2.04. The van der Waals surface area contributed by atoms with Gasteiger partial charge in [-0.2, -0.15) is 0 Å². The first-order valence-corrected chi connectivity index (χ1v) is 5.48. The maximum atomic E-state index is 3.90. The second kappa shape index (κ2) is 3.44. The van der Waals surface area contributed by atoms with Crippen molar-refractivity contribution in [2.45, 2.75) is 0 Å². The highest BCUT2D eigenvalue weighted by Crippen LogP contribution is 2.29. The molecule has 0 unspecified atom stereocenters. The maximum absolute atomic E-state index is 3.90. The average Bonchev–Trinajstić information content (AvgIpc) is 2.82. The molecule has 15 heavy (non-hydrogen) atoms. The van der Waals surface area contributed by atoms with Gasteiger partial charge in [-0.1, -0.05) is 47.0 Å². The Morgan fingerprint density at radius 1 is 0.933 bits per heavy atom. The molecule has 0 N–H and O–H groups in total. The molecule has 3 heteroatoms. The van der Waals surface area contributed by atoms with Crippen molar-refractivity contribution < 1.29 is 0 Å². The molecule has 0 aliphatic carbocycles. The molecular weight excluding hydrogens is 204 g/mol. The fraction of sp³-hybridized carbons (Fsp3) is 0. The molecule has 3 rings (SSSR count). The van der Waals surface area contributed by atoms with Crippen LogP contribution in [0.4, 0.5) is 0 Å². The third-order valence-electron chi connectivity index (χ3n) is 2.42. The molecule has 0 amide bonds. The Labute approximate surface area is 91.4 Å². The standard InChI is InChI=1S/C12H8N2S/c1-2-6-10-9(4-1)5-3-7-11(10)12-8-13-14-15-12/h1-8H. The topological polar surface area (TPSA) is 25.8 Å². The highest BCUT2D eigenvalue weighted by atomic mass is 32.1. The summed E-state index contributed by atoms with van der Waals surface area (Å²) in [6.07, 6.45) is 1.81. The molecule has 0 saturated heterocycles. The van der Waals surface area contributed by atoms with Gasteiger partial charge in [0.1, 0.15) is 0 Å². The summed E-state index contributed by atoms with van der Waals surface area (Å²) in [5, 5.41) is 6.38. The first-order chi connectivity index (χ1) is 7.45. The van der Waals surface area contributed by atoms with Gasteiger partial charge < -0.3 is 0 Å². The van der Waals surface area contributed by atoms with E-state index in [0.29, 0.717) is 0 Å². The first kappa shape index (κ1) is 8.56. The lowest BCUT2D eigenvalue weighted by Gasteiger charge is -2.02. The van der Waals surface area contributed by atoms with E-state index in [1.807, 2.05) is 6.20 Å². The Morgan fingerprint density at radius 2 is 1.80 bits per heavy atom. The number of fused-ring (bicyclic) bond motifs is 1. The number of nitrogens with zero attached hydrogens (tertiary/aromatic N) is 2. The van der Waals surface area contributed by atoms with Gasteiger partial charge in [-0.3, -0.25) is 0 Å². The summed E-state index contributed by atoms with van der Waals surface area (Å²) in [6.45, 7) is 0. The Kier molecular flexibility index (Phi) is 1.96. The van der Waals surface area contributed by atoms with Gasteiger partial charge in [-0.05, 0) is 22.3 Å². The van der Waals surface area contributed by atoms with Gasteiger partial charge in [0.25, 0.3) is 0 Å². The number of hydrogen-bond donors (Lipinski definition) is 0. The maximum Gasteiger partial charge on any atom is 0.0760 e. The summed E-state index contributed by atoms with van der Waals surface area (Å²) < 4.78 is 3.90. The lowest BCUT2D eigenvalue weighted by molar-refractivity contribution is 1.16. The zero-order valence-corrected chi connectivity index (χ0v) is 8.74. The van der Waals surface area contributed by atoms with E-state index in [9.17, 15) is 0 Å². The minimum Gasteiger partial charge on any atom is -0.146 e. The predicted molar refractivity (Wildman–Crippen MR) is 62.9 cm³/mol. The van der Waals surface area contributed by atoms with E-state index in [1.54, 1.807) is 0 Å². The van der Waals surface area contributed by atoms with Gasteiger partial charge in [0.15, 0.2) is 0 Å². The normalized spacial score (nSPS) is 10.7. The van der Waals surface area contributed by atoms with E-state index in [1.165, 1.54) is 27.9 Å². The second-order valence-corrected chi connectivity index (χ2v) is 4.09. The van der Waals surface area contributed by atoms with Crippen molar-refractivity contribution in [3.05, 3.63) is 48.7 Å². The van der Waals surface area contributed by atoms with Crippen molar-refractivity contribution >= 4 is 22.3 Å². The molecule has 0 aliphatic rings. The molecule has 1 aromatic heterocycles. The Balaban J connectivity index is 2.36. The van der Waals surface area contributed by atoms with Crippen LogP contribution in [0.1, 0.15) is 0 Å². The van der Waals surface area contributed by atoms with Crippen LogP contribution in [0.5, 0.6) is 0 Å². The molecule has 0 saturated carbocycles. The van der Waals surface area contributed by atoms with Crippen molar-refractivity contribution in [1.82, 2.24) is 9.59 Å². The van der Waals surface area contributed by atoms with Crippen LogP contribution in [0, 0.1) is 0 Å². The third-order valence-corrected chi connectivity index (χ3v) is 3.11. The molecule has 72 valence electrons. The molecule has 0 bridgehead atoms. The smallest absolute Gasteiger partial charge is 0.0760 e. The van der Waals surface area contributed by atoms with E-state index in [-0.39, 0.29) is 0 Å². The lowest BCUT2D eigenvalue weighted by Crippen LogP contribution is -1.77. The molecule has 1 heterocycles. The molecule has 0 aliphatic heterocycles. The first-order valence-electron chi connectivity index (χ1n) is 4.70. The molecular formula is C12H8N2S. The van der Waals surface area contributed by atoms with Crippen LogP contribution >= 0.6 is 11.5 Å². The van der Waals surface area contributed by atoms with E-state index in [0.717, 1.165) is 4.88 Å². The van der Waals surface area contributed by atoms with Crippen LogP contribution in [-0.2, 0) is 0 Å². The van der Waals surface area contributed by atoms with Crippen molar-refractivity contribution in [1.29, 1.82) is 0 Å². The molecule has 0 fully saturated rings. The van der Waals surface area contributed by atoms with Crippen LogP contribution < -0.4 is 0 Å². The molecule has 2 nitrogen and oxygen atoms in total. The number of rotatable bonds is 1. The Morgan fingerprint density at radius 3 is 2.67 bits per heavy atom. The number of hydrogen-bond acceptors (Lipinski definition) is 3. The third kappa shape index (κ3) is 1.41. The van der Waals surface area contributed by atoms with Crippen molar-refractivity contribution in [3.8, 4) is 10.4 Å². The van der Waals surface area contributed by atoms with Crippen molar-refractivity contribution in [2.75, 3.05) is 0 Å². The molecule has 0 spiro atoms. The fourth-order valence-corrected chi connectivity index (χ4v) is 2.28. The minimum atomic E-state index is 1.12. The van der Waals surface area contributed by atoms with E-state index in [4.69, 9.17) is 0 Å². The van der Waals surface area contributed by atoms with E-state index in [2.05, 4.69) is 52.1 Å². The van der Waals surface area contributed by atoms with Gasteiger partial charge in [0, 0.05) is 5.56 Å². The summed E-state index contributed by atoms with van der Waals surface area (Å²) in [5.74, 6) is 0. The summed E-state index contributed by atoms with van der Waals surface area (Å²) >= 11 is 1.43. The van der Waals surface area contributed by atoms with E-state index >= 15 is 0 Å². The Hall–Kier alpha value is -1.74. The molecule has 0 radical (unpaired) electrons. The summed E-state index contributed by atoms with van der Waals surface area (Å²) in [4.78, 5) is 1.12. The molecule has 2 aromatic carbocycles. The zero-order valence-electron chi connectivity index (χ0n) is 7.92. The van der Waals surface area contributed by atoms with Crippen LogP contribution in [0.25, 0.3) is 21.2 Å². The number of aromatic nitrogens is 2.